The molecule has 1 saturated carbocycles. The van der Waals surface area contributed by atoms with E-state index in [1.54, 1.807) is 18.0 Å². The maximum absolute atomic E-state index is 13.1. The monoisotopic (exact) mass is 322 g/mol. The number of carbonyl (C=O) groups excluding carboxylic acids is 2. The molecule has 2 fully saturated rings. The zero-order chi connectivity index (χ0) is 16.8. The third-order valence-corrected chi connectivity index (χ3v) is 4.89. The van der Waals surface area contributed by atoms with E-state index in [9.17, 15) is 9.59 Å². The van der Waals surface area contributed by atoms with Crippen LogP contribution >= 0.6 is 0 Å². The van der Waals surface area contributed by atoms with Crippen LogP contribution in [0.25, 0.3) is 11.3 Å². The first kappa shape index (κ1) is 14.8. The van der Waals surface area contributed by atoms with Gasteiger partial charge in [0, 0.05) is 18.3 Å². The zero-order valence-electron chi connectivity index (χ0n) is 13.3. The van der Waals surface area contributed by atoms with Gasteiger partial charge in [-0.15, -0.1) is 0 Å². The first-order chi connectivity index (χ1) is 11.6. The van der Waals surface area contributed by atoms with Crippen LogP contribution in [-0.2, 0) is 4.79 Å². The van der Waals surface area contributed by atoms with Crippen LogP contribution in [-0.4, -0.2) is 39.3 Å². The number of amides is 2. The van der Waals surface area contributed by atoms with Gasteiger partial charge in [0.1, 0.15) is 11.9 Å². The minimum absolute atomic E-state index is 0.218. The smallest absolute Gasteiger partial charge is 0.258 e. The van der Waals surface area contributed by atoms with Crippen LogP contribution in [0, 0.1) is 18.8 Å². The molecule has 24 heavy (non-hydrogen) atoms. The second-order valence-corrected chi connectivity index (χ2v) is 6.51. The lowest BCUT2D eigenvalue weighted by atomic mass is 10.0. The highest BCUT2D eigenvalue weighted by Crippen LogP contribution is 2.49. The van der Waals surface area contributed by atoms with E-state index in [-0.39, 0.29) is 11.8 Å². The second-order valence-electron chi connectivity index (χ2n) is 6.51. The van der Waals surface area contributed by atoms with E-state index in [4.69, 9.17) is 5.73 Å². The number of aryl methyl sites for hydroxylation is 1. The number of carbonyl (C=O) groups is 2. The number of hydrogen-bond acceptors (Lipinski definition) is 4. The lowest BCUT2D eigenvalue weighted by molar-refractivity contribution is -0.122. The fraction of sp³-hybridized carbons (Fsp3) is 0.333. The summed E-state index contributed by atoms with van der Waals surface area (Å²) in [4.78, 5) is 35.1. The number of fused-ring (bicyclic) bond motifs is 1. The van der Waals surface area contributed by atoms with Crippen LogP contribution in [0.3, 0.4) is 0 Å². The molecule has 2 N–H and O–H groups in total. The summed E-state index contributed by atoms with van der Waals surface area (Å²) in [7, 11) is 0. The lowest BCUT2D eigenvalue weighted by Gasteiger charge is -2.25. The van der Waals surface area contributed by atoms with Crippen molar-refractivity contribution in [2.75, 3.05) is 6.54 Å². The van der Waals surface area contributed by atoms with Gasteiger partial charge in [0.2, 0.25) is 5.91 Å². The van der Waals surface area contributed by atoms with Crippen molar-refractivity contribution in [1.29, 1.82) is 0 Å². The number of aromatic nitrogens is 2. The number of hydrogen-bond donors (Lipinski definition) is 1. The third-order valence-electron chi connectivity index (χ3n) is 4.89. The molecule has 2 aliphatic rings. The second kappa shape index (κ2) is 5.40. The Hall–Kier alpha value is -2.76. The van der Waals surface area contributed by atoms with Crippen molar-refractivity contribution in [3.8, 4) is 11.3 Å². The minimum Gasteiger partial charge on any atom is -0.368 e. The van der Waals surface area contributed by atoms with E-state index >= 15 is 0 Å². The Morgan fingerprint density at radius 3 is 2.71 bits per heavy atom. The standard InChI is InChI=1S/C18H18N4O2/c1-10-20-8-14(15(21-10)11-5-3-2-4-6-11)18(24)22-9-12-7-13(12)16(22)17(19)23/h2-6,8,12-13,16H,7,9H2,1H3,(H2,19,23)/t12-,13-,16-/m0/s1. The molecule has 1 aliphatic heterocycles. The highest BCUT2D eigenvalue weighted by atomic mass is 16.2. The third kappa shape index (κ3) is 2.35. The fourth-order valence-electron chi connectivity index (χ4n) is 3.64. The van der Waals surface area contributed by atoms with Crippen molar-refractivity contribution in [3.05, 3.63) is 47.9 Å². The van der Waals surface area contributed by atoms with Gasteiger partial charge in [0.15, 0.2) is 0 Å². The topological polar surface area (TPSA) is 89.2 Å². The van der Waals surface area contributed by atoms with E-state index < -0.39 is 11.9 Å². The molecule has 2 heterocycles. The normalized spacial score (nSPS) is 24.5. The Kier molecular flexibility index (Phi) is 3.33. The molecule has 122 valence electrons. The molecule has 3 atom stereocenters. The molecule has 4 rings (SSSR count). The number of piperidine rings is 1. The quantitative estimate of drug-likeness (QED) is 0.925. The molecule has 6 nitrogen and oxygen atoms in total. The van der Waals surface area contributed by atoms with Crippen LogP contribution in [0.4, 0.5) is 0 Å². The van der Waals surface area contributed by atoms with Crippen molar-refractivity contribution in [3.63, 3.8) is 0 Å². The SMILES string of the molecule is Cc1ncc(C(=O)N2C[C@@H]3C[C@@H]3[C@H]2C(N)=O)c(-c2ccccc2)n1. The highest BCUT2D eigenvalue weighted by Gasteiger charge is 2.56. The number of nitrogens with two attached hydrogens (primary N) is 1. The van der Waals surface area contributed by atoms with Crippen LogP contribution in [0.2, 0.25) is 0 Å². The molecule has 0 bridgehead atoms. The summed E-state index contributed by atoms with van der Waals surface area (Å²) in [5.41, 5.74) is 7.39. The first-order valence-corrected chi connectivity index (χ1v) is 8.05. The van der Waals surface area contributed by atoms with Crippen molar-refractivity contribution in [2.24, 2.45) is 17.6 Å². The summed E-state index contributed by atoms with van der Waals surface area (Å²) in [5, 5.41) is 0. The number of benzene rings is 1. The molecule has 1 aromatic heterocycles. The van der Waals surface area contributed by atoms with Crippen molar-refractivity contribution in [2.45, 2.75) is 19.4 Å². The molecular weight excluding hydrogens is 304 g/mol. The van der Waals surface area contributed by atoms with Gasteiger partial charge >= 0.3 is 0 Å². The number of nitrogens with zero attached hydrogens (tertiary/aromatic N) is 3. The summed E-state index contributed by atoms with van der Waals surface area (Å²) >= 11 is 0. The fourth-order valence-corrected chi connectivity index (χ4v) is 3.64. The molecule has 0 radical (unpaired) electrons. The molecule has 1 aliphatic carbocycles. The average Bonchev–Trinajstić information content (AvgIpc) is 3.24. The Bertz CT molecular complexity index is 821. The largest absolute Gasteiger partial charge is 0.368 e. The van der Waals surface area contributed by atoms with Gasteiger partial charge in [-0.25, -0.2) is 9.97 Å². The van der Waals surface area contributed by atoms with Gasteiger partial charge in [-0.3, -0.25) is 9.59 Å². The van der Waals surface area contributed by atoms with Gasteiger partial charge < -0.3 is 10.6 Å². The van der Waals surface area contributed by atoms with E-state index in [1.807, 2.05) is 30.3 Å². The van der Waals surface area contributed by atoms with Crippen molar-refractivity contribution in [1.82, 2.24) is 14.9 Å². The Balaban J connectivity index is 1.74. The summed E-state index contributed by atoms with van der Waals surface area (Å²) in [6.07, 6.45) is 2.53. The van der Waals surface area contributed by atoms with Gasteiger partial charge in [0.25, 0.3) is 5.91 Å². The summed E-state index contributed by atoms with van der Waals surface area (Å²) in [6, 6.07) is 9.02. The zero-order valence-corrected chi connectivity index (χ0v) is 13.3. The van der Waals surface area contributed by atoms with Crippen molar-refractivity contribution < 1.29 is 9.59 Å². The molecule has 1 aromatic carbocycles. The van der Waals surface area contributed by atoms with E-state index in [0.717, 1.165) is 12.0 Å². The lowest BCUT2D eigenvalue weighted by Crippen LogP contribution is -2.46. The molecule has 2 amide bonds. The van der Waals surface area contributed by atoms with Gasteiger partial charge in [-0.05, 0) is 25.2 Å². The molecule has 2 aromatic rings. The summed E-state index contributed by atoms with van der Waals surface area (Å²) in [6.45, 7) is 2.37. The van der Waals surface area contributed by atoms with Crippen molar-refractivity contribution >= 4 is 11.8 Å². The van der Waals surface area contributed by atoms with E-state index in [2.05, 4.69) is 9.97 Å². The maximum Gasteiger partial charge on any atom is 0.258 e. The van der Waals surface area contributed by atoms with Crippen LogP contribution < -0.4 is 5.73 Å². The minimum atomic E-state index is -0.507. The van der Waals surface area contributed by atoms with E-state index in [0.29, 0.717) is 29.5 Å². The van der Waals surface area contributed by atoms with Crippen LogP contribution in [0.1, 0.15) is 22.6 Å². The summed E-state index contributed by atoms with van der Waals surface area (Å²) in [5.74, 6) is 0.574. The highest BCUT2D eigenvalue weighted by molar-refractivity contribution is 6.02. The van der Waals surface area contributed by atoms with E-state index in [1.165, 1.54) is 0 Å². The molecular formula is C18H18N4O2. The van der Waals surface area contributed by atoms with Gasteiger partial charge in [-0.1, -0.05) is 30.3 Å². The Morgan fingerprint density at radius 2 is 2.00 bits per heavy atom. The molecule has 0 spiro atoms. The molecule has 1 saturated heterocycles. The maximum atomic E-state index is 13.1. The predicted octanol–water partition coefficient (Wildman–Crippen LogP) is 1.40. The molecule has 6 heteroatoms. The number of primary amides is 1. The van der Waals surface area contributed by atoms with Gasteiger partial charge in [0.05, 0.1) is 11.3 Å². The van der Waals surface area contributed by atoms with Crippen LogP contribution in [0.15, 0.2) is 36.5 Å². The predicted molar refractivity (Wildman–Crippen MR) is 87.8 cm³/mol. The number of likely N-dealkylation sites (tertiary alicyclic amines) is 1. The summed E-state index contributed by atoms with van der Waals surface area (Å²) < 4.78 is 0. The first-order valence-electron chi connectivity index (χ1n) is 8.05. The molecule has 0 unspecified atom stereocenters. The van der Waals surface area contributed by atoms with Gasteiger partial charge in [-0.2, -0.15) is 0 Å². The Labute approximate surface area is 139 Å². The van der Waals surface area contributed by atoms with Crippen LogP contribution in [0.5, 0.6) is 0 Å². The number of rotatable bonds is 3. The average molecular weight is 322 g/mol. The Morgan fingerprint density at radius 1 is 1.25 bits per heavy atom.